The Morgan fingerprint density at radius 1 is 1.10 bits per heavy atom. The lowest BCUT2D eigenvalue weighted by atomic mass is 10.1. The molecular weight excluding hydrogens is 420 g/mol. The van der Waals surface area contributed by atoms with Gasteiger partial charge in [0.15, 0.2) is 9.84 Å². The molecule has 0 aliphatic carbocycles. The van der Waals surface area contributed by atoms with Gasteiger partial charge in [0, 0.05) is 30.5 Å². The van der Waals surface area contributed by atoms with Gasteiger partial charge in [-0.3, -0.25) is 14.9 Å². The van der Waals surface area contributed by atoms with E-state index in [0.717, 1.165) is 11.8 Å². The molecule has 3 aromatic rings. The molecule has 0 saturated carbocycles. The Morgan fingerprint density at radius 3 is 2.42 bits per heavy atom. The van der Waals surface area contributed by atoms with Crippen molar-refractivity contribution < 1.29 is 22.4 Å². The van der Waals surface area contributed by atoms with Gasteiger partial charge in [0.25, 0.3) is 5.91 Å². The van der Waals surface area contributed by atoms with E-state index in [1.165, 1.54) is 12.1 Å². The Kier molecular flexibility index (Phi) is 5.32. The van der Waals surface area contributed by atoms with Crippen LogP contribution in [0.5, 0.6) is 0 Å². The third kappa shape index (κ3) is 4.48. The first kappa shape index (κ1) is 20.7. The van der Waals surface area contributed by atoms with Crippen LogP contribution in [0.25, 0.3) is 0 Å². The smallest absolute Gasteiger partial charge is 0.322 e. The molecular formula is C21H20N4O5S. The Hall–Kier alpha value is -3.53. The number of nitrogens with zero attached hydrogens (tertiary/aromatic N) is 3. The van der Waals surface area contributed by atoms with Crippen molar-refractivity contribution in [2.24, 2.45) is 0 Å². The molecule has 1 saturated heterocycles. The molecule has 31 heavy (non-hydrogen) atoms. The summed E-state index contributed by atoms with van der Waals surface area (Å²) in [6, 6.07) is 13.1. The monoisotopic (exact) mass is 440 g/mol. The first-order valence-electron chi connectivity index (χ1n) is 9.52. The van der Waals surface area contributed by atoms with Gasteiger partial charge in [0.05, 0.1) is 10.8 Å². The van der Waals surface area contributed by atoms with E-state index in [2.05, 4.69) is 15.5 Å². The minimum Gasteiger partial charge on any atom is -0.407 e. The summed E-state index contributed by atoms with van der Waals surface area (Å²) in [5, 5.41) is 10.4. The van der Waals surface area contributed by atoms with E-state index in [-0.39, 0.29) is 41.0 Å². The topological polar surface area (TPSA) is 122 Å². The highest BCUT2D eigenvalue weighted by Crippen LogP contribution is 2.32. The molecule has 0 unspecified atom stereocenters. The van der Waals surface area contributed by atoms with Gasteiger partial charge in [-0.1, -0.05) is 22.8 Å². The fourth-order valence-corrected chi connectivity index (χ4v) is 3.95. The van der Waals surface area contributed by atoms with Crippen molar-refractivity contribution in [3.05, 3.63) is 65.5 Å². The fraction of sp³-hybridized carbons (Fsp3) is 0.238. The predicted octanol–water partition coefficient (Wildman–Crippen LogP) is 2.55. The van der Waals surface area contributed by atoms with Gasteiger partial charge in [-0.25, -0.2) is 8.42 Å². The molecule has 0 bridgehead atoms. The van der Waals surface area contributed by atoms with Crippen molar-refractivity contribution in [2.75, 3.05) is 23.0 Å². The maximum Gasteiger partial charge on any atom is 0.322 e. The normalized spacial score (nSPS) is 16.5. The average molecular weight is 440 g/mol. The van der Waals surface area contributed by atoms with Gasteiger partial charge in [-0.2, -0.15) is 0 Å². The zero-order valence-electron chi connectivity index (χ0n) is 16.9. The number of nitrogens with one attached hydrogen (secondary N) is 1. The number of anilines is 2. The van der Waals surface area contributed by atoms with Crippen LogP contribution < -0.4 is 10.2 Å². The molecule has 1 aromatic heterocycles. The number of amides is 2. The lowest BCUT2D eigenvalue weighted by Crippen LogP contribution is -2.24. The molecule has 0 spiro atoms. The summed E-state index contributed by atoms with van der Waals surface area (Å²) in [6.45, 7) is 2.24. The van der Waals surface area contributed by atoms with E-state index < -0.39 is 9.84 Å². The van der Waals surface area contributed by atoms with Crippen LogP contribution in [0, 0.1) is 6.92 Å². The molecule has 1 aliphatic heterocycles. The zero-order chi connectivity index (χ0) is 22.2. The van der Waals surface area contributed by atoms with Crippen molar-refractivity contribution in [3.8, 4) is 0 Å². The molecule has 160 valence electrons. The van der Waals surface area contributed by atoms with E-state index in [0.29, 0.717) is 17.8 Å². The van der Waals surface area contributed by atoms with E-state index in [4.69, 9.17) is 4.42 Å². The molecule has 2 heterocycles. The van der Waals surface area contributed by atoms with Crippen molar-refractivity contribution in [1.82, 2.24) is 10.2 Å². The van der Waals surface area contributed by atoms with Crippen molar-refractivity contribution >= 4 is 33.4 Å². The van der Waals surface area contributed by atoms with Gasteiger partial charge < -0.3 is 9.32 Å². The van der Waals surface area contributed by atoms with E-state index >= 15 is 0 Å². The third-order valence-electron chi connectivity index (χ3n) is 5.03. The van der Waals surface area contributed by atoms with Crippen molar-refractivity contribution in [1.29, 1.82) is 0 Å². The Labute approximate surface area is 179 Å². The van der Waals surface area contributed by atoms with Crippen LogP contribution in [0.4, 0.5) is 11.7 Å². The molecule has 2 amide bonds. The molecule has 4 rings (SSSR count). The Balaban J connectivity index is 1.44. The van der Waals surface area contributed by atoms with Crippen LogP contribution in [-0.4, -0.2) is 43.2 Å². The van der Waals surface area contributed by atoms with Crippen LogP contribution in [0.15, 0.2) is 57.8 Å². The Bertz CT molecular complexity index is 1230. The van der Waals surface area contributed by atoms with Crippen molar-refractivity contribution in [3.63, 3.8) is 0 Å². The maximum absolute atomic E-state index is 12.5. The van der Waals surface area contributed by atoms with Gasteiger partial charge in [-0.05, 0) is 43.3 Å². The summed E-state index contributed by atoms with van der Waals surface area (Å²) in [7, 11) is -3.31. The second kappa shape index (κ2) is 7.95. The lowest BCUT2D eigenvalue weighted by molar-refractivity contribution is -0.117. The fourth-order valence-electron chi connectivity index (χ4n) is 3.32. The van der Waals surface area contributed by atoms with E-state index in [1.807, 2.05) is 19.1 Å². The predicted molar refractivity (Wildman–Crippen MR) is 113 cm³/mol. The SMILES string of the molecule is Cc1ccc(C(=O)Nc2nnc([C@H]3CC(=O)N(c4ccc(S(C)(=O)=O)cc4)C3)o2)cc1. The minimum absolute atomic E-state index is 0.0380. The third-order valence-corrected chi connectivity index (χ3v) is 6.15. The zero-order valence-corrected chi connectivity index (χ0v) is 17.7. The maximum atomic E-state index is 12.5. The van der Waals surface area contributed by atoms with E-state index in [9.17, 15) is 18.0 Å². The van der Waals surface area contributed by atoms with Gasteiger partial charge in [0.1, 0.15) is 0 Å². The summed E-state index contributed by atoms with van der Waals surface area (Å²) in [6.07, 6.45) is 1.30. The molecule has 9 nitrogen and oxygen atoms in total. The summed E-state index contributed by atoms with van der Waals surface area (Å²) < 4.78 is 28.8. The quantitative estimate of drug-likeness (QED) is 0.647. The summed E-state index contributed by atoms with van der Waals surface area (Å²) in [5.74, 6) is -0.590. The standard InChI is InChI=1S/C21H20N4O5S/c1-13-3-5-14(6-4-13)19(27)22-21-24-23-20(30-21)15-11-18(26)25(12-15)16-7-9-17(10-8-16)31(2,28)29/h3-10,15H,11-12H2,1-2H3,(H,22,24,27)/t15-/m0/s1. The largest absolute Gasteiger partial charge is 0.407 e. The number of sulfone groups is 1. The molecule has 1 fully saturated rings. The number of benzene rings is 2. The summed E-state index contributed by atoms with van der Waals surface area (Å²) >= 11 is 0. The van der Waals surface area contributed by atoms with Gasteiger partial charge in [0.2, 0.25) is 11.8 Å². The second-order valence-corrected chi connectivity index (χ2v) is 9.45. The number of carbonyl (C=O) groups excluding carboxylic acids is 2. The molecule has 2 aromatic carbocycles. The molecule has 10 heteroatoms. The number of hydrogen-bond donors (Lipinski definition) is 1. The van der Waals surface area contributed by atoms with Gasteiger partial charge >= 0.3 is 6.01 Å². The lowest BCUT2D eigenvalue weighted by Gasteiger charge is -2.16. The summed E-state index contributed by atoms with van der Waals surface area (Å²) in [4.78, 5) is 26.5. The number of aromatic nitrogens is 2. The number of aryl methyl sites for hydroxylation is 1. The molecule has 0 radical (unpaired) electrons. The van der Waals surface area contributed by atoms with E-state index in [1.54, 1.807) is 29.2 Å². The minimum atomic E-state index is -3.31. The van der Waals surface area contributed by atoms with Crippen LogP contribution in [0.3, 0.4) is 0 Å². The van der Waals surface area contributed by atoms with Crippen LogP contribution in [-0.2, 0) is 14.6 Å². The number of rotatable bonds is 5. The van der Waals surface area contributed by atoms with Gasteiger partial charge in [-0.15, -0.1) is 5.10 Å². The highest BCUT2D eigenvalue weighted by molar-refractivity contribution is 7.90. The summed E-state index contributed by atoms with van der Waals surface area (Å²) in [5.41, 5.74) is 2.09. The van der Waals surface area contributed by atoms with Crippen LogP contribution >= 0.6 is 0 Å². The molecule has 1 N–H and O–H groups in total. The first-order chi connectivity index (χ1) is 14.7. The molecule has 1 atom stereocenters. The second-order valence-electron chi connectivity index (χ2n) is 7.44. The first-order valence-corrected chi connectivity index (χ1v) is 11.4. The average Bonchev–Trinajstić information content (AvgIpc) is 3.34. The highest BCUT2D eigenvalue weighted by atomic mass is 32.2. The van der Waals surface area contributed by atoms with Crippen molar-refractivity contribution in [2.45, 2.75) is 24.2 Å². The number of carbonyl (C=O) groups is 2. The Morgan fingerprint density at radius 2 is 1.77 bits per heavy atom. The molecule has 1 aliphatic rings. The number of hydrogen-bond acceptors (Lipinski definition) is 7. The highest BCUT2D eigenvalue weighted by Gasteiger charge is 2.35. The van der Waals surface area contributed by atoms with Crippen LogP contribution in [0.2, 0.25) is 0 Å². The van der Waals surface area contributed by atoms with Crippen LogP contribution in [0.1, 0.15) is 34.2 Å².